The second-order valence-corrected chi connectivity index (χ2v) is 4.11. The van der Waals surface area contributed by atoms with E-state index in [4.69, 9.17) is 11.8 Å². The van der Waals surface area contributed by atoms with Crippen LogP contribution in [-0.2, 0) is 9.53 Å². The quantitative estimate of drug-likeness (QED) is 0.572. The molecule has 0 heterocycles. The number of alkyl halides is 2. The van der Waals surface area contributed by atoms with Crippen LogP contribution < -0.4 is 4.84 Å². The molecule has 0 saturated heterocycles. The lowest BCUT2D eigenvalue weighted by Gasteiger charge is -2.20. The Morgan fingerprint density at radius 3 is 2.67 bits per heavy atom. The summed E-state index contributed by atoms with van der Waals surface area (Å²) < 4.78 is 31.0. The van der Waals surface area contributed by atoms with Gasteiger partial charge in [-0.15, -0.1) is 0 Å². The van der Waals surface area contributed by atoms with Crippen molar-refractivity contribution in [2.75, 3.05) is 7.11 Å². The molecule has 0 bridgehead atoms. The van der Waals surface area contributed by atoms with Gasteiger partial charge in [-0.1, -0.05) is 0 Å². The Bertz CT molecular complexity index is 234. The molecule has 0 aromatic heterocycles. The van der Waals surface area contributed by atoms with E-state index in [-0.39, 0.29) is 12.3 Å². The molecule has 1 saturated carbocycles. The Kier molecular flexibility index (Phi) is 4.28. The van der Waals surface area contributed by atoms with E-state index in [0.29, 0.717) is 0 Å². The first-order valence-corrected chi connectivity index (χ1v) is 5.18. The molecule has 0 radical (unpaired) electrons. The fourth-order valence-corrected chi connectivity index (χ4v) is 1.60. The number of hydrogen-bond donors (Lipinski definition) is 1. The smallest absolute Gasteiger partial charge is 0.324 e. The average Bonchev–Trinajstić information content (AvgIpc) is 2.96. The monoisotopic (exact) mass is 241 g/mol. The second-order valence-electron chi connectivity index (χ2n) is 3.89. The number of methoxy groups -OCH3 is 1. The Morgan fingerprint density at radius 1 is 1.67 bits per heavy atom. The zero-order valence-electron chi connectivity index (χ0n) is 8.43. The fourth-order valence-electron chi connectivity index (χ4n) is 1.44. The number of carbonyl (C=O) groups excluding carboxylic acids is 1. The van der Waals surface area contributed by atoms with Crippen LogP contribution >= 0.6 is 11.8 Å². The number of carbonyl (C=O) groups is 1. The number of ether oxygens (including phenoxy) is 1. The third kappa shape index (κ3) is 4.30. The molecule has 88 valence electrons. The standard InChI is InChI=1S/C9H14ClF2NO2/c1-15-8(14)7(13-10)5-9(11,12)4-6-2-3-6/h6-7,13H,2-5H2,1H3/t7-/m0/s1. The molecule has 0 aromatic rings. The largest absolute Gasteiger partial charge is 0.468 e. The highest BCUT2D eigenvalue weighted by Crippen LogP contribution is 2.40. The molecule has 0 spiro atoms. The lowest BCUT2D eigenvalue weighted by Crippen LogP contribution is -2.38. The molecule has 6 heteroatoms. The first-order chi connectivity index (χ1) is 6.98. The van der Waals surface area contributed by atoms with E-state index < -0.39 is 24.4 Å². The third-order valence-electron chi connectivity index (χ3n) is 2.40. The Morgan fingerprint density at radius 2 is 2.27 bits per heavy atom. The van der Waals surface area contributed by atoms with E-state index in [9.17, 15) is 13.6 Å². The van der Waals surface area contributed by atoms with E-state index in [1.165, 1.54) is 0 Å². The van der Waals surface area contributed by atoms with Gasteiger partial charge in [0.1, 0.15) is 6.04 Å². The molecule has 15 heavy (non-hydrogen) atoms. The van der Waals surface area contributed by atoms with Gasteiger partial charge in [0.25, 0.3) is 5.92 Å². The van der Waals surface area contributed by atoms with Gasteiger partial charge >= 0.3 is 5.97 Å². The summed E-state index contributed by atoms with van der Waals surface area (Å²) >= 11 is 5.22. The number of halogens is 3. The normalized spacial score (nSPS) is 18.7. The van der Waals surface area contributed by atoms with Crippen LogP contribution in [0.1, 0.15) is 25.7 Å². The average molecular weight is 242 g/mol. The van der Waals surface area contributed by atoms with Crippen LogP contribution in [0.15, 0.2) is 0 Å². The predicted octanol–water partition coefficient (Wildman–Crippen LogP) is 2.10. The Hall–Kier alpha value is -0.420. The summed E-state index contributed by atoms with van der Waals surface area (Å²) in [5.41, 5.74) is 0. The van der Waals surface area contributed by atoms with Gasteiger partial charge in [-0.25, -0.2) is 13.6 Å². The zero-order chi connectivity index (χ0) is 11.5. The van der Waals surface area contributed by atoms with E-state index >= 15 is 0 Å². The van der Waals surface area contributed by atoms with E-state index in [0.717, 1.165) is 20.0 Å². The minimum atomic E-state index is -2.86. The first kappa shape index (κ1) is 12.6. The fraction of sp³-hybridized carbons (Fsp3) is 0.889. The van der Waals surface area contributed by atoms with Gasteiger partial charge in [-0.05, 0) is 30.5 Å². The Labute approximate surface area is 92.2 Å². The lowest BCUT2D eigenvalue weighted by atomic mass is 10.0. The highest BCUT2D eigenvalue weighted by Gasteiger charge is 2.40. The van der Waals surface area contributed by atoms with Crippen LogP contribution in [0.4, 0.5) is 8.78 Å². The highest BCUT2D eigenvalue weighted by atomic mass is 35.5. The summed E-state index contributed by atoms with van der Waals surface area (Å²) in [5, 5.41) is 0. The highest BCUT2D eigenvalue weighted by molar-refractivity contribution is 6.14. The summed E-state index contributed by atoms with van der Waals surface area (Å²) in [4.78, 5) is 13.0. The van der Waals surface area contributed by atoms with Crippen LogP contribution in [0.25, 0.3) is 0 Å². The summed E-state index contributed by atoms with van der Waals surface area (Å²) in [6.45, 7) is 0. The maximum Gasteiger partial charge on any atom is 0.324 e. The van der Waals surface area contributed by atoms with Crippen molar-refractivity contribution in [1.82, 2.24) is 4.84 Å². The van der Waals surface area contributed by atoms with Gasteiger partial charge in [-0.3, -0.25) is 4.79 Å². The first-order valence-electron chi connectivity index (χ1n) is 4.80. The SMILES string of the molecule is COC(=O)[C@H](CC(F)(F)CC1CC1)NCl. The van der Waals surface area contributed by atoms with Crippen molar-refractivity contribution in [2.45, 2.75) is 37.6 Å². The van der Waals surface area contributed by atoms with Gasteiger partial charge in [0.15, 0.2) is 0 Å². The van der Waals surface area contributed by atoms with E-state index in [2.05, 4.69) is 4.74 Å². The second kappa shape index (κ2) is 5.07. The van der Waals surface area contributed by atoms with E-state index in [1.807, 2.05) is 4.84 Å². The molecule has 1 aliphatic carbocycles. The van der Waals surface area contributed by atoms with Crippen LogP contribution in [0, 0.1) is 5.92 Å². The maximum atomic E-state index is 13.3. The molecule has 1 rings (SSSR count). The van der Waals surface area contributed by atoms with Crippen LogP contribution in [0.5, 0.6) is 0 Å². The van der Waals surface area contributed by atoms with Crippen molar-refractivity contribution in [3.63, 3.8) is 0 Å². The van der Waals surface area contributed by atoms with Crippen molar-refractivity contribution in [3.05, 3.63) is 0 Å². The zero-order valence-corrected chi connectivity index (χ0v) is 9.19. The minimum absolute atomic E-state index is 0.105. The number of nitrogens with one attached hydrogen (secondary N) is 1. The van der Waals surface area contributed by atoms with Crippen molar-refractivity contribution >= 4 is 17.7 Å². The predicted molar refractivity (Wildman–Crippen MR) is 51.7 cm³/mol. The summed E-state index contributed by atoms with van der Waals surface area (Å²) in [6.07, 6.45) is 0.929. The van der Waals surface area contributed by atoms with Gasteiger partial charge in [0.2, 0.25) is 0 Å². The van der Waals surface area contributed by atoms with Crippen LogP contribution in [-0.4, -0.2) is 25.0 Å². The van der Waals surface area contributed by atoms with Gasteiger partial charge in [0.05, 0.1) is 7.11 Å². The number of hydrogen-bond acceptors (Lipinski definition) is 3. The molecule has 0 unspecified atom stereocenters. The molecule has 1 N–H and O–H groups in total. The minimum Gasteiger partial charge on any atom is -0.468 e. The Balaban J connectivity index is 2.44. The molecular formula is C9H14ClF2NO2. The van der Waals surface area contributed by atoms with Crippen LogP contribution in [0.2, 0.25) is 0 Å². The molecule has 1 fully saturated rings. The van der Waals surface area contributed by atoms with E-state index in [1.54, 1.807) is 0 Å². The summed E-state index contributed by atoms with van der Waals surface area (Å²) in [7, 11) is 1.14. The number of rotatable bonds is 6. The van der Waals surface area contributed by atoms with Crippen molar-refractivity contribution in [2.24, 2.45) is 5.92 Å². The molecule has 3 nitrogen and oxygen atoms in total. The van der Waals surface area contributed by atoms with Crippen LogP contribution in [0.3, 0.4) is 0 Å². The molecular weight excluding hydrogens is 228 g/mol. The maximum absolute atomic E-state index is 13.3. The van der Waals surface area contributed by atoms with Crippen molar-refractivity contribution in [1.29, 1.82) is 0 Å². The molecule has 1 atom stereocenters. The third-order valence-corrected chi connectivity index (χ3v) is 2.67. The van der Waals surface area contributed by atoms with Crippen molar-refractivity contribution < 1.29 is 18.3 Å². The summed E-state index contributed by atoms with van der Waals surface area (Å²) in [6, 6.07) is -1.15. The van der Waals surface area contributed by atoms with Gasteiger partial charge in [0, 0.05) is 12.8 Å². The molecule has 1 aliphatic rings. The van der Waals surface area contributed by atoms with Gasteiger partial charge < -0.3 is 4.74 Å². The lowest BCUT2D eigenvalue weighted by molar-refractivity contribution is -0.145. The topological polar surface area (TPSA) is 38.3 Å². The van der Waals surface area contributed by atoms with Gasteiger partial charge in [-0.2, -0.15) is 0 Å². The van der Waals surface area contributed by atoms with Crippen molar-refractivity contribution in [3.8, 4) is 0 Å². The molecule has 0 aromatic carbocycles. The summed E-state index contributed by atoms with van der Waals surface area (Å²) in [5.74, 6) is -3.52. The molecule has 0 amide bonds. The molecule has 0 aliphatic heterocycles. The number of esters is 1.